The van der Waals surface area contributed by atoms with E-state index in [-0.39, 0.29) is 0 Å². The molecule has 0 aliphatic heterocycles. The molecule has 0 atom stereocenters. The molecule has 0 aliphatic rings. The van der Waals surface area contributed by atoms with E-state index < -0.39 is 0 Å². The third kappa shape index (κ3) is 2.72. The van der Waals surface area contributed by atoms with Crippen molar-refractivity contribution in [2.24, 2.45) is 0 Å². The van der Waals surface area contributed by atoms with Crippen LogP contribution in [-0.2, 0) is 17.9 Å². The molecule has 2 aromatic heterocycles. The van der Waals surface area contributed by atoms with Gasteiger partial charge in [-0.15, -0.1) is 0 Å². The third-order valence-corrected chi connectivity index (χ3v) is 3.70. The highest BCUT2D eigenvalue weighted by molar-refractivity contribution is 7.97. The van der Waals surface area contributed by atoms with Gasteiger partial charge in [0.15, 0.2) is 0 Å². The van der Waals surface area contributed by atoms with Crippen molar-refractivity contribution in [3.05, 3.63) is 34.5 Å². The van der Waals surface area contributed by atoms with Crippen LogP contribution in [0.2, 0.25) is 0 Å². The van der Waals surface area contributed by atoms with Gasteiger partial charge < -0.3 is 9.05 Å². The highest BCUT2D eigenvalue weighted by Crippen LogP contribution is 2.23. The van der Waals surface area contributed by atoms with Gasteiger partial charge in [0.05, 0.1) is 11.4 Å². The molecule has 5 heteroatoms. The highest BCUT2D eigenvalue weighted by atomic mass is 32.2. The number of aryl methyl sites for hydroxylation is 3. The highest BCUT2D eigenvalue weighted by Gasteiger charge is 2.11. The van der Waals surface area contributed by atoms with Crippen LogP contribution in [0.4, 0.5) is 0 Å². The summed E-state index contributed by atoms with van der Waals surface area (Å²) in [6.07, 6.45) is 2.59. The molecular formula is C12H16N2O2S. The maximum atomic E-state index is 5.20. The average Bonchev–Trinajstić information content (AvgIpc) is 2.87. The Morgan fingerprint density at radius 1 is 1.18 bits per heavy atom. The van der Waals surface area contributed by atoms with Crippen molar-refractivity contribution >= 4 is 11.8 Å². The lowest BCUT2D eigenvalue weighted by Crippen LogP contribution is -1.91. The number of aromatic nitrogens is 2. The Hall–Kier alpha value is -1.23. The molecular weight excluding hydrogens is 236 g/mol. The van der Waals surface area contributed by atoms with Gasteiger partial charge in [-0.2, -0.15) is 11.8 Å². The summed E-state index contributed by atoms with van der Waals surface area (Å²) in [7, 11) is 0. The quantitative estimate of drug-likeness (QED) is 0.817. The van der Waals surface area contributed by atoms with Crippen molar-refractivity contribution in [1.82, 2.24) is 10.3 Å². The Labute approximate surface area is 105 Å². The molecule has 92 valence electrons. The van der Waals surface area contributed by atoms with Crippen LogP contribution in [0.25, 0.3) is 0 Å². The van der Waals surface area contributed by atoms with Gasteiger partial charge in [-0.05, 0) is 20.3 Å². The minimum Gasteiger partial charge on any atom is -0.364 e. The van der Waals surface area contributed by atoms with Gasteiger partial charge in [0, 0.05) is 22.6 Å². The van der Waals surface area contributed by atoms with Gasteiger partial charge in [0.25, 0.3) is 0 Å². The zero-order valence-electron chi connectivity index (χ0n) is 10.3. The molecule has 0 spiro atoms. The van der Waals surface area contributed by atoms with E-state index in [0.29, 0.717) is 0 Å². The van der Waals surface area contributed by atoms with Gasteiger partial charge in [-0.3, -0.25) is 0 Å². The predicted molar refractivity (Wildman–Crippen MR) is 66.9 cm³/mol. The number of rotatable bonds is 5. The smallest absolute Gasteiger partial charge is 0.137 e. The summed E-state index contributed by atoms with van der Waals surface area (Å²) in [6.45, 7) is 6.06. The van der Waals surface area contributed by atoms with Crippen LogP contribution in [0, 0.1) is 13.8 Å². The number of thioether (sulfide) groups is 1. The van der Waals surface area contributed by atoms with Crippen molar-refractivity contribution in [2.75, 3.05) is 0 Å². The average molecular weight is 252 g/mol. The zero-order valence-corrected chi connectivity index (χ0v) is 11.1. The monoisotopic (exact) mass is 252 g/mol. The molecule has 0 saturated heterocycles. The van der Waals surface area contributed by atoms with E-state index in [4.69, 9.17) is 9.05 Å². The second-order valence-electron chi connectivity index (χ2n) is 3.95. The van der Waals surface area contributed by atoms with Crippen molar-refractivity contribution in [3.8, 4) is 0 Å². The summed E-state index contributed by atoms with van der Waals surface area (Å²) in [5, 5.41) is 8.01. The van der Waals surface area contributed by atoms with E-state index in [1.54, 1.807) is 18.0 Å². The Kier molecular flexibility index (Phi) is 3.89. The van der Waals surface area contributed by atoms with Crippen LogP contribution in [-0.4, -0.2) is 10.3 Å². The van der Waals surface area contributed by atoms with Crippen LogP contribution >= 0.6 is 11.8 Å². The van der Waals surface area contributed by atoms with Crippen LogP contribution in [0.1, 0.15) is 35.2 Å². The lowest BCUT2D eigenvalue weighted by atomic mass is 10.2. The normalized spacial score (nSPS) is 11.0. The molecule has 0 bridgehead atoms. The fourth-order valence-corrected chi connectivity index (χ4v) is 2.75. The molecule has 0 unspecified atom stereocenters. The van der Waals surface area contributed by atoms with Crippen LogP contribution in [0.3, 0.4) is 0 Å². The van der Waals surface area contributed by atoms with Crippen LogP contribution < -0.4 is 0 Å². The van der Waals surface area contributed by atoms with Gasteiger partial charge in [0.2, 0.25) is 0 Å². The molecule has 2 rings (SSSR count). The second-order valence-corrected chi connectivity index (χ2v) is 4.94. The van der Waals surface area contributed by atoms with E-state index in [1.807, 2.05) is 13.8 Å². The lowest BCUT2D eigenvalue weighted by molar-refractivity contribution is 0.390. The van der Waals surface area contributed by atoms with E-state index in [1.165, 1.54) is 5.56 Å². The first-order chi connectivity index (χ1) is 8.22. The van der Waals surface area contributed by atoms with Crippen LogP contribution in [0.5, 0.6) is 0 Å². The molecule has 2 heterocycles. The fourth-order valence-electron chi connectivity index (χ4n) is 1.60. The first kappa shape index (κ1) is 12.2. The number of hydrogen-bond donors (Lipinski definition) is 0. The molecule has 0 N–H and O–H groups in total. The molecule has 0 aliphatic carbocycles. The van der Waals surface area contributed by atoms with Crippen LogP contribution in [0.15, 0.2) is 15.3 Å². The first-order valence-electron chi connectivity index (χ1n) is 5.64. The zero-order chi connectivity index (χ0) is 12.3. The van der Waals surface area contributed by atoms with Crippen molar-refractivity contribution in [3.63, 3.8) is 0 Å². The van der Waals surface area contributed by atoms with Crippen molar-refractivity contribution in [1.29, 1.82) is 0 Å². The van der Waals surface area contributed by atoms with Gasteiger partial charge in [-0.1, -0.05) is 17.2 Å². The van der Waals surface area contributed by atoms with E-state index in [2.05, 4.69) is 17.2 Å². The predicted octanol–water partition coefficient (Wildman–Crippen LogP) is 3.28. The van der Waals surface area contributed by atoms with Gasteiger partial charge >= 0.3 is 0 Å². The Morgan fingerprint density at radius 3 is 2.65 bits per heavy atom. The Balaban J connectivity index is 1.94. The summed E-state index contributed by atoms with van der Waals surface area (Å²) >= 11 is 1.80. The summed E-state index contributed by atoms with van der Waals surface area (Å²) < 4.78 is 10.1. The largest absolute Gasteiger partial charge is 0.364 e. The number of hydrogen-bond acceptors (Lipinski definition) is 5. The van der Waals surface area contributed by atoms with E-state index in [9.17, 15) is 0 Å². The molecule has 0 amide bonds. The molecule has 0 aromatic carbocycles. The summed E-state index contributed by atoms with van der Waals surface area (Å²) in [6, 6.07) is 0. The molecule has 17 heavy (non-hydrogen) atoms. The topological polar surface area (TPSA) is 52.1 Å². The minimum atomic E-state index is 0.857. The molecule has 0 fully saturated rings. The first-order valence-corrected chi connectivity index (χ1v) is 6.79. The summed E-state index contributed by atoms with van der Waals surface area (Å²) in [5.74, 6) is 2.69. The second kappa shape index (κ2) is 5.40. The van der Waals surface area contributed by atoms with Crippen molar-refractivity contribution < 1.29 is 9.05 Å². The molecule has 0 saturated carbocycles. The lowest BCUT2D eigenvalue weighted by Gasteiger charge is -2.00. The maximum Gasteiger partial charge on any atom is 0.137 e. The van der Waals surface area contributed by atoms with Gasteiger partial charge in [0.1, 0.15) is 12.0 Å². The Morgan fingerprint density at radius 2 is 2.00 bits per heavy atom. The standard InChI is InChI=1S/C12H16N2O2S/c1-4-11-10(9(3)16-14-11)6-17-7-12-8(2)5-15-13-12/h5H,4,6-7H2,1-3H3. The third-order valence-electron chi connectivity index (χ3n) is 2.73. The summed E-state index contributed by atoms with van der Waals surface area (Å²) in [5.41, 5.74) is 4.41. The molecule has 2 aromatic rings. The molecule has 4 nitrogen and oxygen atoms in total. The number of nitrogens with zero attached hydrogens (tertiary/aromatic N) is 2. The maximum absolute atomic E-state index is 5.20. The summed E-state index contributed by atoms with van der Waals surface area (Å²) in [4.78, 5) is 0. The van der Waals surface area contributed by atoms with Gasteiger partial charge in [-0.25, -0.2) is 0 Å². The fraction of sp³-hybridized carbons (Fsp3) is 0.500. The minimum absolute atomic E-state index is 0.857. The van der Waals surface area contributed by atoms with E-state index in [0.717, 1.165) is 40.6 Å². The van der Waals surface area contributed by atoms with E-state index >= 15 is 0 Å². The molecule has 0 radical (unpaired) electrons. The van der Waals surface area contributed by atoms with Crippen molar-refractivity contribution in [2.45, 2.75) is 38.7 Å². The SMILES string of the molecule is CCc1noc(C)c1CSCc1nocc1C. The Bertz CT molecular complexity index is 490.